The third-order valence-electron chi connectivity index (χ3n) is 4.50. The summed E-state index contributed by atoms with van der Waals surface area (Å²) in [6.45, 7) is 6.23. The number of rotatable bonds is 5. The molecule has 1 unspecified atom stereocenters. The normalized spacial score (nSPS) is 17.2. The Morgan fingerprint density at radius 3 is 3.00 bits per heavy atom. The SMILES string of the molecule is Cc1nn(Cc2cccc(Br)c2)c(C)c1C(=O)NCC1CCCN1. The van der Waals surface area contributed by atoms with Gasteiger partial charge >= 0.3 is 0 Å². The molecule has 1 aliphatic rings. The first-order valence-electron chi connectivity index (χ1n) is 8.34. The lowest BCUT2D eigenvalue weighted by atomic mass is 10.1. The number of carbonyl (C=O) groups excluding carboxylic acids is 1. The van der Waals surface area contributed by atoms with E-state index in [9.17, 15) is 4.79 Å². The van der Waals surface area contributed by atoms with Gasteiger partial charge in [0.15, 0.2) is 0 Å². The first-order valence-corrected chi connectivity index (χ1v) is 9.14. The molecule has 5 nitrogen and oxygen atoms in total. The van der Waals surface area contributed by atoms with Crippen LogP contribution in [0.15, 0.2) is 28.7 Å². The lowest BCUT2D eigenvalue weighted by Crippen LogP contribution is -2.37. The van der Waals surface area contributed by atoms with Crippen LogP contribution in [0.25, 0.3) is 0 Å². The number of nitrogens with zero attached hydrogens (tertiary/aromatic N) is 2. The summed E-state index contributed by atoms with van der Waals surface area (Å²) in [7, 11) is 0. The van der Waals surface area contributed by atoms with Crippen LogP contribution in [0.1, 0.15) is 40.2 Å². The first-order chi connectivity index (χ1) is 11.5. The lowest BCUT2D eigenvalue weighted by molar-refractivity contribution is 0.0949. The topological polar surface area (TPSA) is 59.0 Å². The van der Waals surface area contributed by atoms with Gasteiger partial charge in [0, 0.05) is 22.8 Å². The van der Waals surface area contributed by atoms with Crippen molar-refractivity contribution < 1.29 is 4.79 Å². The standard InChI is InChI=1S/C18H23BrN4O/c1-12-17(18(24)21-10-16-7-4-8-20-16)13(2)23(22-12)11-14-5-3-6-15(19)9-14/h3,5-6,9,16,20H,4,7-8,10-11H2,1-2H3,(H,21,24). The largest absolute Gasteiger partial charge is 0.350 e. The summed E-state index contributed by atoms with van der Waals surface area (Å²) in [6.07, 6.45) is 2.31. The molecule has 24 heavy (non-hydrogen) atoms. The number of carbonyl (C=O) groups is 1. The Bertz CT molecular complexity index is 735. The zero-order valence-corrected chi connectivity index (χ0v) is 15.7. The molecular formula is C18H23BrN4O. The van der Waals surface area contributed by atoms with E-state index in [1.54, 1.807) is 0 Å². The molecule has 2 N–H and O–H groups in total. The highest BCUT2D eigenvalue weighted by Gasteiger charge is 2.20. The van der Waals surface area contributed by atoms with Crippen LogP contribution in [0.4, 0.5) is 0 Å². The highest BCUT2D eigenvalue weighted by atomic mass is 79.9. The summed E-state index contributed by atoms with van der Waals surface area (Å²) < 4.78 is 2.95. The molecule has 3 rings (SSSR count). The molecular weight excluding hydrogens is 368 g/mol. The maximum atomic E-state index is 12.6. The van der Waals surface area contributed by atoms with Crippen molar-refractivity contribution in [3.63, 3.8) is 0 Å². The number of aromatic nitrogens is 2. The molecule has 1 atom stereocenters. The molecule has 1 aliphatic heterocycles. The smallest absolute Gasteiger partial charge is 0.255 e. The zero-order valence-electron chi connectivity index (χ0n) is 14.1. The zero-order chi connectivity index (χ0) is 17.1. The van der Waals surface area contributed by atoms with Crippen molar-refractivity contribution >= 4 is 21.8 Å². The molecule has 0 saturated carbocycles. The van der Waals surface area contributed by atoms with E-state index in [0.717, 1.165) is 34.4 Å². The summed E-state index contributed by atoms with van der Waals surface area (Å²) in [5.74, 6) is -0.0285. The van der Waals surface area contributed by atoms with Crippen LogP contribution in [0.5, 0.6) is 0 Å². The fraction of sp³-hybridized carbons (Fsp3) is 0.444. The number of nitrogens with one attached hydrogen (secondary N) is 2. The van der Waals surface area contributed by atoms with Crippen LogP contribution < -0.4 is 10.6 Å². The Morgan fingerprint density at radius 2 is 2.29 bits per heavy atom. The van der Waals surface area contributed by atoms with Crippen molar-refractivity contribution in [1.82, 2.24) is 20.4 Å². The number of hydrogen-bond acceptors (Lipinski definition) is 3. The second kappa shape index (κ2) is 7.49. The second-order valence-electron chi connectivity index (χ2n) is 6.34. The Hall–Kier alpha value is -1.66. The lowest BCUT2D eigenvalue weighted by Gasteiger charge is -2.12. The summed E-state index contributed by atoms with van der Waals surface area (Å²) in [6, 6.07) is 8.54. The Labute approximate surface area is 151 Å². The molecule has 1 aromatic carbocycles. The van der Waals surface area contributed by atoms with Gasteiger partial charge in [0.1, 0.15) is 0 Å². The molecule has 1 saturated heterocycles. The Morgan fingerprint density at radius 1 is 1.46 bits per heavy atom. The molecule has 0 radical (unpaired) electrons. The summed E-state index contributed by atoms with van der Waals surface area (Å²) in [5.41, 5.74) is 3.53. The number of amides is 1. The van der Waals surface area contributed by atoms with Crippen molar-refractivity contribution in [3.05, 3.63) is 51.3 Å². The molecule has 128 valence electrons. The van der Waals surface area contributed by atoms with Crippen LogP contribution in [0.2, 0.25) is 0 Å². The van der Waals surface area contributed by atoms with Gasteiger partial charge in [-0.1, -0.05) is 28.1 Å². The van der Waals surface area contributed by atoms with Crippen molar-refractivity contribution in [1.29, 1.82) is 0 Å². The van der Waals surface area contributed by atoms with Crippen LogP contribution in [0, 0.1) is 13.8 Å². The summed E-state index contributed by atoms with van der Waals surface area (Å²) >= 11 is 3.49. The van der Waals surface area contributed by atoms with Gasteiger partial charge < -0.3 is 10.6 Å². The Balaban J connectivity index is 1.72. The average Bonchev–Trinajstić information content (AvgIpc) is 3.14. The Kier molecular flexibility index (Phi) is 5.36. The number of benzene rings is 1. The van der Waals surface area contributed by atoms with E-state index < -0.39 is 0 Å². The van der Waals surface area contributed by atoms with Gasteiger partial charge in [0.05, 0.1) is 17.8 Å². The number of aryl methyl sites for hydroxylation is 1. The fourth-order valence-corrected chi connectivity index (χ4v) is 3.67. The maximum Gasteiger partial charge on any atom is 0.255 e. The van der Waals surface area contributed by atoms with Gasteiger partial charge in [-0.15, -0.1) is 0 Å². The fourth-order valence-electron chi connectivity index (χ4n) is 3.22. The summed E-state index contributed by atoms with van der Waals surface area (Å²) in [5, 5.41) is 11.0. The van der Waals surface area contributed by atoms with Gasteiger partial charge in [-0.3, -0.25) is 9.48 Å². The van der Waals surface area contributed by atoms with Crippen LogP contribution in [-0.4, -0.2) is 34.8 Å². The van der Waals surface area contributed by atoms with Crippen LogP contribution in [-0.2, 0) is 6.54 Å². The second-order valence-corrected chi connectivity index (χ2v) is 7.25. The van der Waals surface area contributed by atoms with E-state index >= 15 is 0 Å². The van der Waals surface area contributed by atoms with Crippen molar-refractivity contribution in [2.75, 3.05) is 13.1 Å². The predicted octanol–water partition coefficient (Wildman–Crippen LogP) is 2.79. The highest BCUT2D eigenvalue weighted by Crippen LogP contribution is 2.17. The molecule has 0 bridgehead atoms. The first kappa shape index (κ1) is 17.2. The van der Waals surface area contributed by atoms with E-state index in [4.69, 9.17) is 0 Å². The quantitative estimate of drug-likeness (QED) is 0.824. The van der Waals surface area contributed by atoms with E-state index in [0.29, 0.717) is 24.7 Å². The van der Waals surface area contributed by atoms with Crippen molar-refractivity contribution in [2.24, 2.45) is 0 Å². The highest BCUT2D eigenvalue weighted by molar-refractivity contribution is 9.10. The van der Waals surface area contributed by atoms with Gasteiger partial charge in [-0.2, -0.15) is 5.10 Å². The minimum atomic E-state index is -0.0285. The molecule has 1 amide bonds. The molecule has 6 heteroatoms. The summed E-state index contributed by atoms with van der Waals surface area (Å²) in [4.78, 5) is 12.6. The molecule has 0 aliphatic carbocycles. The monoisotopic (exact) mass is 390 g/mol. The van der Waals surface area contributed by atoms with Crippen LogP contribution in [0.3, 0.4) is 0 Å². The molecule has 2 heterocycles. The minimum absolute atomic E-state index is 0.0285. The van der Waals surface area contributed by atoms with E-state index in [2.05, 4.69) is 43.8 Å². The molecule has 1 aromatic heterocycles. The molecule has 1 fully saturated rings. The van der Waals surface area contributed by atoms with E-state index in [-0.39, 0.29) is 5.91 Å². The number of hydrogen-bond donors (Lipinski definition) is 2. The van der Waals surface area contributed by atoms with E-state index in [1.807, 2.05) is 30.7 Å². The van der Waals surface area contributed by atoms with E-state index in [1.165, 1.54) is 6.42 Å². The van der Waals surface area contributed by atoms with Gasteiger partial charge in [-0.25, -0.2) is 0 Å². The van der Waals surface area contributed by atoms with Gasteiger partial charge in [0.25, 0.3) is 5.91 Å². The van der Waals surface area contributed by atoms with Gasteiger partial charge in [-0.05, 0) is 50.9 Å². The van der Waals surface area contributed by atoms with Crippen LogP contribution >= 0.6 is 15.9 Å². The third kappa shape index (κ3) is 3.87. The van der Waals surface area contributed by atoms with Crippen molar-refractivity contribution in [3.8, 4) is 0 Å². The number of halogens is 1. The average molecular weight is 391 g/mol. The predicted molar refractivity (Wildman–Crippen MR) is 98.3 cm³/mol. The van der Waals surface area contributed by atoms with Gasteiger partial charge in [0.2, 0.25) is 0 Å². The van der Waals surface area contributed by atoms with Crippen molar-refractivity contribution in [2.45, 2.75) is 39.3 Å². The maximum absolute atomic E-state index is 12.6. The third-order valence-corrected chi connectivity index (χ3v) is 4.99. The molecule has 2 aromatic rings. The minimum Gasteiger partial charge on any atom is -0.350 e. The molecule has 0 spiro atoms.